The lowest BCUT2D eigenvalue weighted by Gasteiger charge is -2.09. The van der Waals surface area contributed by atoms with Gasteiger partial charge in [-0.3, -0.25) is 10.6 Å². The Hall–Kier alpha value is -2.77. The second kappa shape index (κ2) is 12.6. The van der Waals surface area contributed by atoms with Crippen LogP contribution in [-0.2, 0) is 0 Å². The maximum absolute atomic E-state index is 11.6. The summed E-state index contributed by atoms with van der Waals surface area (Å²) in [4.78, 5) is 33.2. The Morgan fingerprint density at radius 3 is 2.12 bits per heavy atom. The second-order valence-electron chi connectivity index (χ2n) is 5.89. The summed E-state index contributed by atoms with van der Waals surface area (Å²) in [6.45, 7) is 2.87. The molecule has 5 N–H and O–H groups in total. The average Bonchev–Trinajstić information content (AvgIpc) is 2.57. The zero-order valence-electron chi connectivity index (χ0n) is 15.2. The van der Waals surface area contributed by atoms with E-state index in [1.54, 1.807) is 29.6 Å². The van der Waals surface area contributed by atoms with Crippen LogP contribution in [0, 0.1) is 0 Å². The Morgan fingerprint density at radius 2 is 1.50 bits per heavy atom. The van der Waals surface area contributed by atoms with Crippen molar-refractivity contribution in [1.29, 1.82) is 0 Å². The van der Waals surface area contributed by atoms with Crippen LogP contribution in [0.4, 0.5) is 20.1 Å². The molecule has 144 valence electrons. The van der Waals surface area contributed by atoms with Crippen molar-refractivity contribution in [2.75, 3.05) is 11.9 Å². The van der Waals surface area contributed by atoms with Crippen LogP contribution in [0.3, 0.4) is 0 Å². The molecule has 8 heteroatoms. The maximum atomic E-state index is 11.6. The zero-order chi connectivity index (χ0) is 19.2. The molecule has 0 heterocycles. The normalized spacial score (nSPS) is 10.0. The first-order valence-electron chi connectivity index (χ1n) is 8.92. The number of carbonyl (C=O) groups excluding carboxylic acids is 3. The number of ether oxygens (including phenoxy) is 1. The summed E-state index contributed by atoms with van der Waals surface area (Å²) in [6.07, 6.45) is 8.59. The number of nitrogens with one attached hydrogen (secondary N) is 3. The molecule has 0 aliphatic heterocycles. The number of hydrogen-bond acceptors (Lipinski definition) is 4. The maximum Gasteiger partial charge on any atom is 0.330 e. The smallest absolute Gasteiger partial charge is 0.330 e. The Kier molecular flexibility index (Phi) is 10.3. The van der Waals surface area contributed by atoms with Gasteiger partial charge in [-0.25, -0.2) is 14.4 Å². The summed E-state index contributed by atoms with van der Waals surface area (Å²) in [5.74, 6) is 0.716. The predicted octanol–water partition coefficient (Wildman–Crippen LogP) is 3.73. The second-order valence-corrected chi connectivity index (χ2v) is 5.89. The van der Waals surface area contributed by atoms with Gasteiger partial charge in [0.2, 0.25) is 0 Å². The Bertz CT molecular complexity index is 575. The number of anilines is 1. The van der Waals surface area contributed by atoms with Crippen molar-refractivity contribution in [3.63, 3.8) is 0 Å². The van der Waals surface area contributed by atoms with Crippen molar-refractivity contribution >= 4 is 23.8 Å². The summed E-state index contributed by atoms with van der Waals surface area (Å²) in [5, 5.41) is 6.09. The molecule has 0 aromatic heterocycles. The summed E-state index contributed by atoms with van der Waals surface area (Å²) in [6, 6.07) is 3.97. The quantitative estimate of drug-likeness (QED) is 0.472. The molecule has 0 spiro atoms. The number of rotatable bonds is 10. The highest BCUT2D eigenvalue weighted by Crippen LogP contribution is 2.16. The van der Waals surface area contributed by atoms with E-state index in [4.69, 9.17) is 10.5 Å². The molecule has 8 nitrogen and oxygen atoms in total. The minimum Gasteiger partial charge on any atom is -0.494 e. The largest absolute Gasteiger partial charge is 0.494 e. The summed E-state index contributed by atoms with van der Waals surface area (Å²) >= 11 is 0. The van der Waals surface area contributed by atoms with E-state index in [0.717, 1.165) is 12.8 Å². The number of unbranched alkanes of at least 4 members (excludes halogenated alkanes) is 6. The summed E-state index contributed by atoms with van der Waals surface area (Å²) in [5.41, 5.74) is 5.25. The van der Waals surface area contributed by atoms with Crippen LogP contribution < -0.4 is 26.4 Å². The van der Waals surface area contributed by atoms with Crippen molar-refractivity contribution in [3.05, 3.63) is 24.3 Å². The number of hydrogen-bond donors (Lipinski definition) is 4. The van der Waals surface area contributed by atoms with Gasteiger partial charge in [0, 0.05) is 5.69 Å². The van der Waals surface area contributed by atoms with Crippen molar-refractivity contribution in [2.24, 2.45) is 5.73 Å². The van der Waals surface area contributed by atoms with Gasteiger partial charge in [0.05, 0.1) is 6.61 Å². The molecule has 0 aliphatic rings. The van der Waals surface area contributed by atoms with E-state index < -0.39 is 18.1 Å². The molecule has 0 saturated heterocycles. The lowest BCUT2D eigenvalue weighted by Crippen LogP contribution is -2.46. The fourth-order valence-electron chi connectivity index (χ4n) is 2.29. The molecule has 0 bridgehead atoms. The van der Waals surface area contributed by atoms with Crippen LogP contribution in [0.25, 0.3) is 0 Å². The van der Waals surface area contributed by atoms with Gasteiger partial charge in [-0.05, 0) is 30.7 Å². The highest BCUT2D eigenvalue weighted by Gasteiger charge is 2.09. The van der Waals surface area contributed by atoms with Crippen LogP contribution in [0.15, 0.2) is 24.3 Å². The monoisotopic (exact) mass is 364 g/mol. The minimum atomic E-state index is -1.04. The number of urea groups is 3. The van der Waals surface area contributed by atoms with E-state index in [-0.39, 0.29) is 0 Å². The van der Waals surface area contributed by atoms with E-state index in [9.17, 15) is 14.4 Å². The molecule has 26 heavy (non-hydrogen) atoms. The standard InChI is InChI=1S/C18H28N4O4/c1-2-3-4-5-6-7-8-13-26-15-11-9-14(10-12-15)20-17(24)22-18(25)21-16(19)23/h9-12H,2-8,13H2,1H3,(H5,19,20,21,22,23,24,25). The van der Waals surface area contributed by atoms with Crippen LogP contribution in [-0.4, -0.2) is 24.7 Å². The van der Waals surface area contributed by atoms with Crippen molar-refractivity contribution in [1.82, 2.24) is 10.6 Å². The molecule has 0 atom stereocenters. The topological polar surface area (TPSA) is 123 Å². The number of imide groups is 2. The molecule has 0 aliphatic carbocycles. The van der Waals surface area contributed by atoms with Gasteiger partial charge in [0.1, 0.15) is 5.75 Å². The zero-order valence-corrected chi connectivity index (χ0v) is 15.2. The van der Waals surface area contributed by atoms with Gasteiger partial charge in [0.25, 0.3) is 0 Å². The first-order chi connectivity index (χ1) is 12.5. The third-order valence-electron chi connectivity index (χ3n) is 3.59. The van der Waals surface area contributed by atoms with Crippen molar-refractivity contribution in [2.45, 2.75) is 51.9 Å². The van der Waals surface area contributed by atoms with E-state index in [0.29, 0.717) is 18.0 Å². The number of carbonyl (C=O) groups is 3. The first kappa shape index (κ1) is 21.3. The van der Waals surface area contributed by atoms with Crippen molar-refractivity contribution < 1.29 is 19.1 Å². The Labute approximate surface area is 153 Å². The highest BCUT2D eigenvalue weighted by molar-refractivity contribution is 6.04. The fraction of sp³-hybridized carbons (Fsp3) is 0.500. The molecule has 1 aromatic carbocycles. The first-order valence-corrected chi connectivity index (χ1v) is 8.92. The highest BCUT2D eigenvalue weighted by atomic mass is 16.5. The third kappa shape index (κ3) is 10.2. The molecule has 0 saturated carbocycles. The van der Waals surface area contributed by atoms with E-state index in [1.807, 2.05) is 5.32 Å². The molecule has 0 radical (unpaired) electrons. The molecular formula is C18H28N4O4. The molecule has 0 unspecified atom stereocenters. The number of amides is 6. The van der Waals surface area contributed by atoms with Gasteiger partial charge < -0.3 is 15.8 Å². The molecule has 1 aromatic rings. The molecule has 0 fully saturated rings. The van der Waals surface area contributed by atoms with Gasteiger partial charge >= 0.3 is 18.1 Å². The third-order valence-corrected chi connectivity index (χ3v) is 3.59. The molecular weight excluding hydrogens is 336 g/mol. The molecule has 1 rings (SSSR count). The van der Waals surface area contributed by atoms with E-state index in [2.05, 4.69) is 12.2 Å². The summed E-state index contributed by atoms with van der Waals surface area (Å²) in [7, 11) is 0. The minimum absolute atomic E-state index is 0.484. The van der Waals surface area contributed by atoms with Crippen molar-refractivity contribution in [3.8, 4) is 5.75 Å². The van der Waals surface area contributed by atoms with Gasteiger partial charge in [-0.1, -0.05) is 45.4 Å². The van der Waals surface area contributed by atoms with Gasteiger partial charge in [-0.2, -0.15) is 0 Å². The van der Waals surface area contributed by atoms with Crippen LogP contribution in [0.1, 0.15) is 51.9 Å². The van der Waals surface area contributed by atoms with Gasteiger partial charge in [0.15, 0.2) is 0 Å². The van der Waals surface area contributed by atoms with Crippen LogP contribution >= 0.6 is 0 Å². The Balaban J connectivity index is 2.21. The number of nitrogens with two attached hydrogens (primary N) is 1. The van der Waals surface area contributed by atoms with E-state index in [1.165, 1.54) is 32.1 Å². The lowest BCUT2D eigenvalue weighted by atomic mass is 10.1. The Morgan fingerprint density at radius 1 is 0.885 bits per heavy atom. The summed E-state index contributed by atoms with van der Waals surface area (Å²) < 4.78 is 5.66. The van der Waals surface area contributed by atoms with Crippen LogP contribution in [0.2, 0.25) is 0 Å². The number of benzene rings is 1. The fourth-order valence-corrected chi connectivity index (χ4v) is 2.29. The lowest BCUT2D eigenvalue weighted by molar-refractivity contribution is 0.228. The van der Waals surface area contributed by atoms with E-state index >= 15 is 0 Å². The molecule has 6 amide bonds. The van der Waals surface area contributed by atoms with Gasteiger partial charge in [-0.15, -0.1) is 0 Å². The van der Waals surface area contributed by atoms with Crippen LogP contribution in [0.5, 0.6) is 5.75 Å². The number of primary amides is 1. The predicted molar refractivity (Wildman–Crippen MR) is 100 cm³/mol. The average molecular weight is 364 g/mol. The SMILES string of the molecule is CCCCCCCCCOc1ccc(NC(=O)NC(=O)NC(N)=O)cc1.